The molecule has 2 aromatic heterocycles. The number of aromatic nitrogens is 2. The van der Waals surface area contributed by atoms with Crippen molar-refractivity contribution < 1.29 is 33.7 Å². The first kappa shape index (κ1) is 23.2. The summed E-state index contributed by atoms with van der Waals surface area (Å²) in [6.07, 6.45) is 3.18. The molecular formula is C35H23BIrN2O2-2. The second-order valence-electron chi connectivity index (χ2n) is 9.41. The van der Waals surface area contributed by atoms with Gasteiger partial charge in [-0.25, -0.2) is 0 Å². The maximum Gasteiger partial charge on any atom is 0.239 e. The predicted molar refractivity (Wildman–Crippen MR) is 159 cm³/mol. The summed E-state index contributed by atoms with van der Waals surface area (Å²) >= 11 is 0. The summed E-state index contributed by atoms with van der Waals surface area (Å²) in [6.45, 7) is -2.02. The van der Waals surface area contributed by atoms with Crippen molar-refractivity contribution in [2.75, 3.05) is 0 Å². The Bertz CT molecular complexity index is 1910. The zero-order chi connectivity index (χ0) is 29.4. The fourth-order valence-corrected chi connectivity index (χ4v) is 5.13. The smallest absolute Gasteiger partial charge is 0.239 e. The van der Waals surface area contributed by atoms with Crippen molar-refractivity contribution in [3.63, 3.8) is 0 Å². The summed E-state index contributed by atoms with van der Waals surface area (Å²) in [5, 5.41) is 0. The summed E-state index contributed by atoms with van der Waals surface area (Å²) in [7, 11) is 0. The van der Waals surface area contributed by atoms with Crippen LogP contribution in [0.1, 0.15) is 9.68 Å². The third kappa shape index (κ3) is 5.08. The van der Waals surface area contributed by atoms with Crippen LogP contribution in [-0.2, 0) is 20.1 Å². The summed E-state index contributed by atoms with van der Waals surface area (Å²) in [6, 6.07) is 41.3. The molecular weight excluding hydrogens is 683 g/mol. The van der Waals surface area contributed by atoms with Crippen LogP contribution in [0.3, 0.4) is 0 Å². The van der Waals surface area contributed by atoms with Crippen molar-refractivity contribution >= 4 is 23.1 Å². The molecule has 0 saturated carbocycles. The second-order valence-corrected chi connectivity index (χ2v) is 9.41. The maximum absolute atomic E-state index is 7.23. The normalized spacial score (nSPS) is 13.1. The number of hydrogen-bond acceptors (Lipinski definition) is 4. The van der Waals surface area contributed by atoms with Gasteiger partial charge in [-0.1, -0.05) is 71.7 Å². The molecule has 4 nitrogen and oxygen atoms in total. The Hall–Kier alpha value is -4.51. The van der Waals surface area contributed by atoms with Gasteiger partial charge in [0, 0.05) is 48.1 Å². The summed E-state index contributed by atoms with van der Waals surface area (Å²) in [5.74, 6) is 3.33. The van der Waals surface area contributed by atoms with Crippen molar-refractivity contribution in [1.82, 2.24) is 9.97 Å². The molecule has 41 heavy (non-hydrogen) atoms. The molecule has 0 unspecified atom stereocenters. The average Bonchev–Trinajstić information content (AvgIpc) is 3.05. The molecule has 0 saturated heterocycles. The van der Waals surface area contributed by atoms with E-state index in [1.807, 2.05) is 66.7 Å². The number of rotatable bonds is 2. The fourth-order valence-electron chi connectivity index (χ4n) is 5.13. The predicted octanol–water partition coefficient (Wildman–Crippen LogP) is 6.13. The van der Waals surface area contributed by atoms with Gasteiger partial charge in [-0.3, -0.25) is 0 Å². The summed E-state index contributed by atoms with van der Waals surface area (Å²) in [4.78, 5) is 8.63. The van der Waals surface area contributed by atoms with Gasteiger partial charge in [-0.05, 0) is 52.9 Å². The van der Waals surface area contributed by atoms with E-state index in [2.05, 4.69) is 46.4 Å². The van der Waals surface area contributed by atoms with Gasteiger partial charge in [-0.2, -0.15) is 0 Å². The topological polar surface area (TPSA) is 44.2 Å². The van der Waals surface area contributed by atoms with Crippen LogP contribution in [-0.4, -0.2) is 16.7 Å². The Kier molecular flexibility index (Phi) is 6.54. The van der Waals surface area contributed by atoms with E-state index in [-0.39, 0.29) is 32.4 Å². The quantitative estimate of drug-likeness (QED) is 0.160. The largest absolute Gasteiger partial charge is 0.503 e. The van der Waals surface area contributed by atoms with Gasteiger partial charge in [0.25, 0.3) is 0 Å². The maximum atomic E-state index is 7.23. The third-order valence-corrected chi connectivity index (χ3v) is 6.93. The van der Waals surface area contributed by atoms with Crippen LogP contribution >= 0.6 is 0 Å². The number of fused-ring (bicyclic) bond motifs is 4. The second kappa shape index (κ2) is 11.5. The van der Waals surface area contributed by atoms with E-state index >= 15 is 0 Å². The van der Waals surface area contributed by atoms with E-state index in [4.69, 9.17) is 13.6 Å². The molecule has 4 heterocycles. The molecule has 1 radical (unpaired) electrons. The molecule has 8 rings (SSSR count). The molecule has 6 aromatic rings. The average molecular weight is 710 g/mol. The number of nitrogens with zero attached hydrogens (tertiary/aromatic N) is 2. The molecule has 0 fully saturated rings. The van der Waals surface area contributed by atoms with Crippen LogP contribution in [0.4, 0.5) is 0 Å². The number of ether oxygens (including phenoxy) is 2. The van der Waals surface area contributed by atoms with Crippen LogP contribution in [0.15, 0.2) is 122 Å². The van der Waals surface area contributed by atoms with Crippen LogP contribution in [0.25, 0.3) is 22.5 Å². The van der Waals surface area contributed by atoms with Gasteiger partial charge in [0.15, 0.2) is 0 Å². The van der Waals surface area contributed by atoms with Gasteiger partial charge in [0.2, 0.25) is 6.71 Å². The monoisotopic (exact) mass is 710 g/mol. The van der Waals surface area contributed by atoms with E-state index in [1.54, 1.807) is 24.4 Å². The Balaban J connectivity index is 0.000000174. The Morgan fingerprint density at radius 3 is 2.15 bits per heavy atom. The molecule has 0 aliphatic carbocycles. The Morgan fingerprint density at radius 1 is 0.707 bits per heavy atom. The van der Waals surface area contributed by atoms with Crippen molar-refractivity contribution in [3.05, 3.63) is 139 Å². The van der Waals surface area contributed by atoms with Crippen molar-refractivity contribution in [2.45, 2.75) is 6.85 Å². The van der Waals surface area contributed by atoms with Gasteiger partial charge in [0.1, 0.15) is 11.5 Å². The standard InChI is InChI=1S/C23H13BNO2.C12H10N.Ir/c1-3-10-19-16(7-1)24-17-8-2-4-11-20(17)27-23-15(18-9-5-6-14-25-18)12-13-21(26-19)22(23)24;1-10-7-8-12(13-9-10)11-5-3-2-4-6-11;/h1-11,13-14H;2-5,7-9H,1H3;/q2*-1;/i;1D3;. The van der Waals surface area contributed by atoms with Crippen molar-refractivity contribution in [3.8, 4) is 45.5 Å². The molecule has 2 aliphatic rings. The van der Waals surface area contributed by atoms with Crippen LogP contribution in [0.2, 0.25) is 0 Å². The zero-order valence-corrected chi connectivity index (χ0v) is 24.1. The molecule has 4 aromatic carbocycles. The van der Waals surface area contributed by atoms with Crippen LogP contribution in [0.5, 0.6) is 23.0 Å². The summed E-state index contributed by atoms with van der Waals surface area (Å²) in [5.41, 5.74) is 6.90. The first-order chi connectivity index (χ1) is 21.0. The number of para-hydroxylation sites is 2. The minimum absolute atomic E-state index is 0. The Labute approximate surface area is 257 Å². The van der Waals surface area contributed by atoms with E-state index in [0.29, 0.717) is 0 Å². The van der Waals surface area contributed by atoms with E-state index in [0.717, 1.165) is 61.9 Å². The third-order valence-electron chi connectivity index (χ3n) is 6.93. The Morgan fingerprint density at radius 2 is 1.46 bits per heavy atom. The molecule has 0 atom stereocenters. The zero-order valence-electron chi connectivity index (χ0n) is 24.7. The number of benzene rings is 4. The minimum atomic E-state index is -2.09. The van der Waals surface area contributed by atoms with E-state index < -0.39 is 6.85 Å². The van der Waals surface area contributed by atoms with Gasteiger partial charge in [-0.15, -0.1) is 48.0 Å². The van der Waals surface area contributed by atoms with Gasteiger partial charge >= 0.3 is 0 Å². The summed E-state index contributed by atoms with van der Waals surface area (Å²) < 4.78 is 34.3. The molecule has 0 N–H and O–H groups in total. The molecule has 6 heteroatoms. The van der Waals surface area contributed by atoms with E-state index in [9.17, 15) is 0 Å². The number of aryl methyl sites for hydroxylation is 1. The number of pyridine rings is 2. The fraction of sp³-hybridized carbons (Fsp3) is 0.0286. The number of hydrogen-bond donors (Lipinski definition) is 0. The van der Waals surface area contributed by atoms with Crippen LogP contribution in [0, 0.1) is 19.0 Å². The first-order valence-corrected chi connectivity index (χ1v) is 12.9. The first-order valence-electron chi connectivity index (χ1n) is 14.4. The molecule has 0 bridgehead atoms. The molecule has 0 spiro atoms. The van der Waals surface area contributed by atoms with E-state index in [1.165, 1.54) is 6.20 Å². The van der Waals surface area contributed by atoms with Gasteiger partial charge in [0.05, 0.1) is 0 Å². The molecule has 199 valence electrons. The van der Waals surface area contributed by atoms with Crippen molar-refractivity contribution in [2.24, 2.45) is 0 Å². The molecule has 2 aliphatic heterocycles. The molecule has 0 amide bonds. The van der Waals surface area contributed by atoms with Crippen LogP contribution < -0.4 is 25.9 Å². The van der Waals surface area contributed by atoms with Crippen molar-refractivity contribution in [1.29, 1.82) is 0 Å². The van der Waals surface area contributed by atoms with Gasteiger partial charge < -0.3 is 19.4 Å². The minimum Gasteiger partial charge on any atom is -0.503 e. The SMILES string of the molecule is [2H]C([2H])([2H])c1ccc(-c2[c-]cccc2)nc1.[Ir].[c-]1cc2c3c(c1-c1ccccn1)Oc1ccccc1B3c1ccccc1O2.